The van der Waals surface area contributed by atoms with Crippen LogP contribution >= 0.6 is 0 Å². The molecule has 0 aliphatic heterocycles. The first-order valence-electron chi connectivity index (χ1n) is 7.06. The van der Waals surface area contributed by atoms with Gasteiger partial charge in [-0.25, -0.2) is 4.68 Å². The first-order chi connectivity index (χ1) is 11.2. The van der Waals surface area contributed by atoms with E-state index in [4.69, 9.17) is 4.52 Å². The molecule has 1 amide bonds. The normalized spacial score (nSPS) is 10.4. The van der Waals surface area contributed by atoms with Gasteiger partial charge in [-0.1, -0.05) is 35.5 Å². The lowest BCUT2D eigenvalue weighted by molar-refractivity contribution is 0.0943. The molecule has 1 aromatic carbocycles. The van der Waals surface area contributed by atoms with Crippen molar-refractivity contribution in [2.45, 2.75) is 6.54 Å². The zero-order chi connectivity index (χ0) is 16.1. The van der Waals surface area contributed by atoms with Crippen molar-refractivity contribution in [2.75, 3.05) is 6.54 Å². The average molecular weight is 310 g/mol. The highest BCUT2D eigenvalue weighted by Crippen LogP contribution is 2.19. The van der Waals surface area contributed by atoms with Crippen LogP contribution in [0.15, 0.2) is 64.0 Å². The van der Waals surface area contributed by atoms with Crippen LogP contribution in [0, 0.1) is 0 Å². The number of hydrogen-bond acceptors (Lipinski definition) is 5. The molecule has 0 aliphatic carbocycles. The molecule has 116 valence electrons. The molecule has 2 heterocycles. The lowest BCUT2D eigenvalue weighted by atomic mass is 10.1. The summed E-state index contributed by atoms with van der Waals surface area (Å²) in [5, 5.41) is 10.4. The number of amides is 1. The number of nitrogens with zero attached hydrogens (tertiary/aromatic N) is 3. The third-order valence-corrected chi connectivity index (χ3v) is 3.20. The zero-order valence-corrected chi connectivity index (χ0v) is 12.2. The summed E-state index contributed by atoms with van der Waals surface area (Å²) in [5.41, 5.74) is 0.825. The summed E-state index contributed by atoms with van der Waals surface area (Å²) in [6.45, 7) is 0.554. The highest BCUT2D eigenvalue weighted by molar-refractivity contribution is 5.93. The van der Waals surface area contributed by atoms with Gasteiger partial charge >= 0.3 is 0 Å². The van der Waals surface area contributed by atoms with Gasteiger partial charge in [-0.2, -0.15) is 5.10 Å². The maximum absolute atomic E-state index is 12.0. The van der Waals surface area contributed by atoms with Gasteiger partial charge in [-0.15, -0.1) is 0 Å². The molecule has 2 aromatic heterocycles. The number of carbonyl (C=O) groups is 1. The van der Waals surface area contributed by atoms with Crippen LogP contribution < -0.4 is 10.9 Å². The first-order valence-corrected chi connectivity index (χ1v) is 7.06. The molecule has 0 radical (unpaired) electrons. The second-order valence-corrected chi connectivity index (χ2v) is 4.78. The van der Waals surface area contributed by atoms with Crippen molar-refractivity contribution < 1.29 is 9.32 Å². The minimum Gasteiger partial charge on any atom is -0.355 e. The van der Waals surface area contributed by atoms with E-state index >= 15 is 0 Å². The second kappa shape index (κ2) is 6.69. The minimum absolute atomic E-state index is 0.192. The molecular weight excluding hydrogens is 296 g/mol. The summed E-state index contributed by atoms with van der Waals surface area (Å²) in [7, 11) is 0. The van der Waals surface area contributed by atoms with Crippen molar-refractivity contribution >= 4 is 5.91 Å². The Kier molecular flexibility index (Phi) is 4.28. The number of carbonyl (C=O) groups excluding carboxylic acids is 1. The highest BCUT2D eigenvalue weighted by Gasteiger charge is 2.13. The fourth-order valence-corrected chi connectivity index (χ4v) is 2.04. The van der Waals surface area contributed by atoms with Gasteiger partial charge in [0, 0.05) is 30.4 Å². The van der Waals surface area contributed by atoms with Crippen LogP contribution in [0.1, 0.15) is 10.5 Å². The molecule has 7 nitrogen and oxygen atoms in total. The molecule has 0 saturated carbocycles. The SMILES string of the molecule is O=C(NCCn1ncccc1=O)c1cc(-c2ccccc2)on1. The van der Waals surface area contributed by atoms with E-state index in [1.807, 2.05) is 30.3 Å². The molecule has 0 fully saturated rings. The number of hydrogen-bond donors (Lipinski definition) is 1. The molecule has 0 atom stereocenters. The monoisotopic (exact) mass is 310 g/mol. The molecule has 0 aliphatic rings. The van der Waals surface area contributed by atoms with E-state index in [-0.39, 0.29) is 30.2 Å². The largest absolute Gasteiger partial charge is 0.355 e. The van der Waals surface area contributed by atoms with Gasteiger partial charge in [0.05, 0.1) is 6.54 Å². The number of nitrogens with one attached hydrogen (secondary N) is 1. The second-order valence-electron chi connectivity index (χ2n) is 4.78. The van der Waals surface area contributed by atoms with Crippen LogP contribution in [-0.2, 0) is 6.54 Å². The molecule has 0 unspecified atom stereocenters. The highest BCUT2D eigenvalue weighted by atomic mass is 16.5. The van der Waals surface area contributed by atoms with E-state index in [0.717, 1.165) is 5.56 Å². The summed E-state index contributed by atoms with van der Waals surface area (Å²) in [4.78, 5) is 23.5. The van der Waals surface area contributed by atoms with Gasteiger partial charge in [0.15, 0.2) is 11.5 Å². The number of benzene rings is 1. The lowest BCUT2D eigenvalue weighted by Crippen LogP contribution is -2.31. The average Bonchev–Trinajstić information content (AvgIpc) is 3.07. The topological polar surface area (TPSA) is 90.0 Å². The Bertz CT molecular complexity index is 855. The van der Waals surface area contributed by atoms with Crippen molar-refractivity contribution in [3.63, 3.8) is 0 Å². The molecule has 1 N–H and O–H groups in total. The van der Waals surface area contributed by atoms with E-state index in [9.17, 15) is 9.59 Å². The third kappa shape index (κ3) is 3.52. The van der Waals surface area contributed by atoms with Crippen LogP contribution in [-0.4, -0.2) is 27.4 Å². The maximum atomic E-state index is 12.0. The van der Waals surface area contributed by atoms with E-state index in [2.05, 4.69) is 15.6 Å². The summed E-state index contributed by atoms with van der Waals surface area (Å²) in [6.07, 6.45) is 1.52. The standard InChI is InChI=1S/C16H14N4O3/c21-15-7-4-8-18-20(15)10-9-17-16(22)13-11-14(23-19-13)12-5-2-1-3-6-12/h1-8,11H,9-10H2,(H,17,22). The Morgan fingerprint density at radius 2 is 2.00 bits per heavy atom. The number of aromatic nitrogens is 3. The van der Waals surface area contributed by atoms with Crippen LogP contribution in [0.4, 0.5) is 0 Å². The van der Waals surface area contributed by atoms with Crippen molar-refractivity contribution in [1.29, 1.82) is 0 Å². The van der Waals surface area contributed by atoms with Crippen molar-refractivity contribution in [2.24, 2.45) is 0 Å². The summed E-state index contributed by atoms with van der Waals surface area (Å²) in [5.74, 6) is 0.164. The Labute approximate surface area is 131 Å². The predicted molar refractivity (Wildman–Crippen MR) is 82.8 cm³/mol. The van der Waals surface area contributed by atoms with Crippen LogP contribution in [0.25, 0.3) is 11.3 Å². The molecule has 3 rings (SSSR count). The van der Waals surface area contributed by atoms with Crippen molar-refractivity contribution in [3.05, 3.63) is 70.8 Å². The van der Waals surface area contributed by atoms with Gasteiger partial charge in [0.1, 0.15) is 0 Å². The lowest BCUT2D eigenvalue weighted by Gasteiger charge is -2.04. The Hall–Kier alpha value is -3.22. The molecule has 0 spiro atoms. The quantitative estimate of drug-likeness (QED) is 0.768. The van der Waals surface area contributed by atoms with E-state index in [0.29, 0.717) is 5.76 Å². The van der Waals surface area contributed by atoms with Crippen molar-refractivity contribution in [3.8, 4) is 11.3 Å². The van der Waals surface area contributed by atoms with E-state index < -0.39 is 0 Å². The fourth-order valence-electron chi connectivity index (χ4n) is 2.04. The fraction of sp³-hybridized carbons (Fsp3) is 0.125. The summed E-state index contributed by atoms with van der Waals surface area (Å²) < 4.78 is 6.45. The van der Waals surface area contributed by atoms with Crippen LogP contribution in [0.5, 0.6) is 0 Å². The van der Waals surface area contributed by atoms with Crippen molar-refractivity contribution in [1.82, 2.24) is 20.3 Å². The molecule has 7 heteroatoms. The molecular formula is C16H14N4O3. The summed E-state index contributed by atoms with van der Waals surface area (Å²) in [6, 6.07) is 14.0. The van der Waals surface area contributed by atoms with Gasteiger partial charge in [0.25, 0.3) is 11.5 Å². The van der Waals surface area contributed by atoms with E-state index in [1.165, 1.54) is 16.9 Å². The number of rotatable bonds is 5. The zero-order valence-electron chi connectivity index (χ0n) is 12.2. The smallest absolute Gasteiger partial charge is 0.273 e. The van der Waals surface area contributed by atoms with Gasteiger partial charge in [-0.05, 0) is 6.07 Å². The molecule has 3 aromatic rings. The Balaban J connectivity index is 1.60. The van der Waals surface area contributed by atoms with Gasteiger partial charge in [-0.3, -0.25) is 9.59 Å². The first kappa shape index (κ1) is 14.7. The molecule has 0 bridgehead atoms. The maximum Gasteiger partial charge on any atom is 0.273 e. The van der Waals surface area contributed by atoms with E-state index in [1.54, 1.807) is 12.1 Å². The molecule has 0 saturated heterocycles. The van der Waals surface area contributed by atoms with Crippen LogP contribution in [0.2, 0.25) is 0 Å². The summed E-state index contributed by atoms with van der Waals surface area (Å²) >= 11 is 0. The minimum atomic E-state index is -0.361. The predicted octanol–water partition coefficient (Wildman–Crippen LogP) is 1.33. The van der Waals surface area contributed by atoms with Crippen LogP contribution in [0.3, 0.4) is 0 Å². The van der Waals surface area contributed by atoms with Gasteiger partial charge < -0.3 is 9.84 Å². The molecule has 23 heavy (non-hydrogen) atoms. The Morgan fingerprint density at radius 3 is 2.78 bits per heavy atom. The third-order valence-electron chi connectivity index (χ3n) is 3.20. The van der Waals surface area contributed by atoms with Gasteiger partial charge in [0.2, 0.25) is 0 Å². The Morgan fingerprint density at radius 1 is 1.17 bits per heavy atom.